The van der Waals surface area contributed by atoms with E-state index >= 15 is 0 Å². The molecule has 0 fully saturated rings. The molecule has 0 spiro atoms. The van der Waals surface area contributed by atoms with Crippen molar-refractivity contribution in [3.8, 4) is 10.6 Å². The van der Waals surface area contributed by atoms with Crippen molar-refractivity contribution in [2.24, 2.45) is 0 Å². The summed E-state index contributed by atoms with van der Waals surface area (Å²) in [5.74, 6) is 1.02. The average molecular weight is 344 g/mol. The molecule has 3 aromatic rings. The van der Waals surface area contributed by atoms with E-state index in [1.165, 1.54) is 11.3 Å². The van der Waals surface area contributed by atoms with Crippen molar-refractivity contribution in [2.45, 2.75) is 32.4 Å². The van der Waals surface area contributed by atoms with Gasteiger partial charge in [0.1, 0.15) is 16.5 Å². The first-order valence-electron chi connectivity index (χ1n) is 7.50. The van der Waals surface area contributed by atoms with E-state index in [2.05, 4.69) is 19.9 Å². The molecular weight excluding hydrogens is 328 g/mol. The van der Waals surface area contributed by atoms with Gasteiger partial charge in [-0.05, 0) is 24.8 Å². The molecule has 1 unspecified atom stereocenters. The van der Waals surface area contributed by atoms with E-state index in [9.17, 15) is 4.79 Å². The molecule has 118 valence electrons. The Morgan fingerprint density at radius 3 is 3.13 bits per heavy atom. The summed E-state index contributed by atoms with van der Waals surface area (Å²) in [5.41, 5.74) is 2.62. The lowest BCUT2D eigenvalue weighted by Gasteiger charge is -2.24. The van der Waals surface area contributed by atoms with Crippen molar-refractivity contribution in [2.75, 3.05) is 0 Å². The van der Waals surface area contributed by atoms with Crippen LogP contribution in [0, 0.1) is 6.92 Å². The maximum absolute atomic E-state index is 12.4. The van der Waals surface area contributed by atoms with E-state index in [1.54, 1.807) is 11.3 Å². The van der Waals surface area contributed by atoms with Crippen LogP contribution < -0.4 is 5.32 Å². The molecule has 0 aliphatic carbocycles. The lowest BCUT2D eigenvalue weighted by atomic mass is 10.1. The molecule has 4 rings (SSSR count). The number of thiazole rings is 1. The van der Waals surface area contributed by atoms with Crippen LogP contribution in [0.4, 0.5) is 0 Å². The molecule has 3 aromatic heterocycles. The van der Waals surface area contributed by atoms with Crippen LogP contribution in [0.3, 0.4) is 0 Å². The Balaban J connectivity index is 1.44. The third-order valence-electron chi connectivity index (χ3n) is 3.95. The molecule has 23 heavy (non-hydrogen) atoms. The third kappa shape index (κ3) is 2.94. The Labute approximate surface area is 142 Å². The monoisotopic (exact) mass is 344 g/mol. The van der Waals surface area contributed by atoms with Crippen LogP contribution in [-0.4, -0.2) is 26.5 Å². The minimum atomic E-state index is -0.0898. The fourth-order valence-electron chi connectivity index (χ4n) is 2.86. The van der Waals surface area contributed by atoms with Gasteiger partial charge in [-0.3, -0.25) is 4.79 Å². The predicted octanol–water partition coefficient (Wildman–Crippen LogP) is 3.12. The molecule has 1 atom stereocenters. The molecule has 7 heteroatoms. The van der Waals surface area contributed by atoms with Gasteiger partial charge in [0.05, 0.1) is 5.69 Å². The van der Waals surface area contributed by atoms with E-state index in [0.29, 0.717) is 5.69 Å². The largest absolute Gasteiger partial charge is 0.346 e. The van der Waals surface area contributed by atoms with Crippen molar-refractivity contribution < 1.29 is 4.79 Å². The average Bonchev–Trinajstić information content (AvgIpc) is 3.26. The summed E-state index contributed by atoms with van der Waals surface area (Å²) in [6.45, 7) is 2.78. The van der Waals surface area contributed by atoms with Crippen LogP contribution >= 0.6 is 22.7 Å². The quantitative estimate of drug-likeness (QED) is 0.794. The second kappa shape index (κ2) is 5.90. The minimum Gasteiger partial charge on any atom is -0.346 e. The molecule has 0 bridgehead atoms. The van der Waals surface area contributed by atoms with E-state index in [1.807, 2.05) is 35.3 Å². The van der Waals surface area contributed by atoms with Crippen LogP contribution in [-0.2, 0) is 13.0 Å². The molecule has 4 heterocycles. The minimum absolute atomic E-state index is 0.0898. The zero-order valence-electron chi connectivity index (χ0n) is 12.7. The Kier molecular flexibility index (Phi) is 3.74. The van der Waals surface area contributed by atoms with Crippen LogP contribution in [0.2, 0.25) is 0 Å². The summed E-state index contributed by atoms with van der Waals surface area (Å²) >= 11 is 3.14. The summed E-state index contributed by atoms with van der Waals surface area (Å²) in [6, 6.07) is 2.16. The van der Waals surface area contributed by atoms with Crippen molar-refractivity contribution >= 4 is 28.6 Å². The summed E-state index contributed by atoms with van der Waals surface area (Å²) in [5, 5.41) is 9.89. The van der Waals surface area contributed by atoms with Gasteiger partial charge in [0.2, 0.25) is 0 Å². The zero-order valence-corrected chi connectivity index (χ0v) is 14.3. The smallest absolute Gasteiger partial charge is 0.271 e. The SMILES string of the molecule is Cc1cn2c(n1)CCC(NC(=O)c1csc(-c3ccsc3)n1)C2. The lowest BCUT2D eigenvalue weighted by molar-refractivity contribution is 0.0923. The molecule has 1 amide bonds. The van der Waals surface area contributed by atoms with Gasteiger partial charge in [-0.25, -0.2) is 9.97 Å². The summed E-state index contributed by atoms with van der Waals surface area (Å²) in [6.07, 6.45) is 3.87. The Morgan fingerprint density at radius 2 is 2.30 bits per heavy atom. The number of rotatable bonds is 3. The van der Waals surface area contributed by atoms with Crippen LogP contribution in [0.5, 0.6) is 0 Å². The first kappa shape index (κ1) is 14.6. The van der Waals surface area contributed by atoms with Crippen molar-refractivity contribution in [1.29, 1.82) is 0 Å². The second-order valence-corrected chi connectivity index (χ2v) is 7.35. The zero-order chi connectivity index (χ0) is 15.8. The van der Waals surface area contributed by atoms with E-state index in [4.69, 9.17) is 0 Å². The Hall–Kier alpha value is -1.99. The van der Waals surface area contributed by atoms with Gasteiger partial charge in [-0.2, -0.15) is 11.3 Å². The normalized spacial score (nSPS) is 17.0. The summed E-state index contributed by atoms with van der Waals surface area (Å²) in [7, 11) is 0. The first-order chi connectivity index (χ1) is 11.2. The molecule has 1 aliphatic heterocycles. The Bertz CT molecular complexity index is 834. The number of fused-ring (bicyclic) bond motifs is 1. The van der Waals surface area contributed by atoms with Crippen LogP contribution in [0.25, 0.3) is 10.6 Å². The predicted molar refractivity (Wildman–Crippen MR) is 92.0 cm³/mol. The molecule has 0 radical (unpaired) electrons. The number of imidazole rings is 1. The van der Waals surface area contributed by atoms with Crippen molar-refractivity contribution in [1.82, 2.24) is 19.9 Å². The van der Waals surface area contributed by atoms with Gasteiger partial charge < -0.3 is 9.88 Å². The summed E-state index contributed by atoms with van der Waals surface area (Å²) in [4.78, 5) is 21.4. The van der Waals surface area contributed by atoms with Gasteiger partial charge >= 0.3 is 0 Å². The molecule has 0 saturated carbocycles. The Morgan fingerprint density at radius 1 is 1.39 bits per heavy atom. The van der Waals surface area contributed by atoms with Crippen molar-refractivity contribution in [3.05, 3.63) is 45.6 Å². The molecule has 0 saturated heterocycles. The van der Waals surface area contributed by atoms with E-state index in [0.717, 1.165) is 41.5 Å². The highest BCUT2D eigenvalue weighted by molar-refractivity contribution is 7.14. The molecular formula is C16H16N4OS2. The first-order valence-corrected chi connectivity index (χ1v) is 9.33. The van der Waals surface area contributed by atoms with Gasteiger partial charge in [0.15, 0.2) is 0 Å². The number of nitrogens with zero attached hydrogens (tertiary/aromatic N) is 3. The summed E-state index contributed by atoms with van der Waals surface area (Å²) < 4.78 is 2.14. The fraction of sp³-hybridized carbons (Fsp3) is 0.312. The van der Waals surface area contributed by atoms with Crippen molar-refractivity contribution in [3.63, 3.8) is 0 Å². The lowest BCUT2D eigenvalue weighted by Crippen LogP contribution is -2.41. The van der Waals surface area contributed by atoms with Gasteiger partial charge in [0, 0.05) is 41.5 Å². The number of aryl methyl sites for hydroxylation is 2. The number of aromatic nitrogens is 3. The maximum Gasteiger partial charge on any atom is 0.271 e. The van der Waals surface area contributed by atoms with Gasteiger partial charge in [0.25, 0.3) is 5.91 Å². The topological polar surface area (TPSA) is 59.8 Å². The number of nitrogens with one attached hydrogen (secondary N) is 1. The number of hydrogen-bond donors (Lipinski definition) is 1. The standard InChI is InChI=1S/C16H16N4OS2/c1-10-6-20-7-12(2-3-14(20)17-10)18-15(21)13-9-23-16(19-13)11-4-5-22-8-11/h4-6,8-9,12H,2-3,7H2,1H3,(H,18,21). The third-order valence-corrected chi connectivity index (χ3v) is 5.53. The number of carbonyl (C=O) groups is 1. The molecule has 1 N–H and O–H groups in total. The highest BCUT2D eigenvalue weighted by atomic mass is 32.1. The number of amides is 1. The van der Waals surface area contributed by atoms with Gasteiger partial charge in [-0.1, -0.05) is 0 Å². The molecule has 5 nitrogen and oxygen atoms in total. The maximum atomic E-state index is 12.4. The molecule has 1 aliphatic rings. The molecule has 0 aromatic carbocycles. The van der Waals surface area contributed by atoms with Crippen LogP contribution in [0.15, 0.2) is 28.4 Å². The number of carbonyl (C=O) groups excluding carboxylic acids is 1. The highest BCUT2D eigenvalue weighted by Crippen LogP contribution is 2.25. The highest BCUT2D eigenvalue weighted by Gasteiger charge is 2.22. The second-order valence-electron chi connectivity index (χ2n) is 5.71. The van der Waals surface area contributed by atoms with Crippen LogP contribution in [0.1, 0.15) is 28.4 Å². The number of thiophene rings is 1. The number of hydrogen-bond acceptors (Lipinski definition) is 5. The van der Waals surface area contributed by atoms with E-state index < -0.39 is 0 Å². The van der Waals surface area contributed by atoms with Gasteiger partial charge in [-0.15, -0.1) is 11.3 Å². The fourth-order valence-corrected chi connectivity index (χ4v) is 4.37. The van der Waals surface area contributed by atoms with E-state index in [-0.39, 0.29) is 11.9 Å².